The maximum absolute atomic E-state index is 10.4. The van der Waals surface area contributed by atoms with Gasteiger partial charge in [-0.2, -0.15) is 0 Å². The molecule has 17 heavy (non-hydrogen) atoms. The fourth-order valence-electron chi connectivity index (χ4n) is 1.85. The molecule has 0 radical (unpaired) electrons. The number of unbranched alkanes of at least 4 members (excludes halogenated alkanes) is 1. The van der Waals surface area contributed by atoms with Crippen LogP contribution >= 0.6 is 0 Å². The Morgan fingerprint density at radius 3 is 2.35 bits per heavy atom. The van der Waals surface area contributed by atoms with Crippen molar-refractivity contribution in [1.82, 2.24) is 4.90 Å². The summed E-state index contributed by atoms with van der Waals surface area (Å²) >= 11 is 0. The molecule has 2 N–H and O–H groups in total. The SMILES string of the molecule is CCCCC(C)CC(N)=O.O=CN1CCCC1. The van der Waals surface area contributed by atoms with E-state index in [0.29, 0.717) is 12.3 Å². The zero-order chi connectivity index (χ0) is 13.1. The third-order valence-corrected chi connectivity index (χ3v) is 2.89. The number of primary amides is 1. The quantitative estimate of drug-likeness (QED) is 0.723. The average Bonchev–Trinajstić information content (AvgIpc) is 2.79. The van der Waals surface area contributed by atoms with Gasteiger partial charge < -0.3 is 10.6 Å². The zero-order valence-electron chi connectivity index (χ0n) is 11.2. The van der Waals surface area contributed by atoms with Gasteiger partial charge in [-0.15, -0.1) is 0 Å². The Morgan fingerprint density at radius 2 is 2.00 bits per heavy atom. The highest BCUT2D eigenvalue weighted by atomic mass is 16.1. The molecule has 100 valence electrons. The summed E-state index contributed by atoms with van der Waals surface area (Å²) < 4.78 is 0. The van der Waals surface area contributed by atoms with Crippen molar-refractivity contribution in [2.24, 2.45) is 11.7 Å². The van der Waals surface area contributed by atoms with Crippen LogP contribution in [0.1, 0.15) is 52.4 Å². The van der Waals surface area contributed by atoms with Gasteiger partial charge in [0, 0.05) is 19.5 Å². The number of amides is 2. The highest BCUT2D eigenvalue weighted by Crippen LogP contribution is 2.10. The number of carbonyl (C=O) groups is 2. The van der Waals surface area contributed by atoms with Crippen LogP contribution in [0.4, 0.5) is 0 Å². The van der Waals surface area contributed by atoms with E-state index in [-0.39, 0.29) is 5.91 Å². The van der Waals surface area contributed by atoms with Crippen LogP contribution < -0.4 is 5.73 Å². The van der Waals surface area contributed by atoms with Crippen LogP contribution in [0.15, 0.2) is 0 Å². The van der Waals surface area contributed by atoms with Crippen molar-refractivity contribution in [3.05, 3.63) is 0 Å². The van der Waals surface area contributed by atoms with Gasteiger partial charge in [0.25, 0.3) is 0 Å². The van der Waals surface area contributed by atoms with E-state index in [0.717, 1.165) is 25.9 Å². The Balaban J connectivity index is 0.000000318. The van der Waals surface area contributed by atoms with Crippen molar-refractivity contribution in [3.8, 4) is 0 Å². The summed E-state index contributed by atoms with van der Waals surface area (Å²) in [4.78, 5) is 22.1. The van der Waals surface area contributed by atoms with Crippen LogP contribution in [0, 0.1) is 5.92 Å². The third-order valence-electron chi connectivity index (χ3n) is 2.89. The molecule has 1 saturated heterocycles. The number of hydrogen-bond acceptors (Lipinski definition) is 2. The van der Waals surface area contributed by atoms with Gasteiger partial charge >= 0.3 is 0 Å². The molecule has 0 aliphatic carbocycles. The average molecular weight is 242 g/mol. The molecular formula is C13H26N2O2. The van der Waals surface area contributed by atoms with E-state index >= 15 is 0 Å². The van der Waals surface area contributed by atoms with Crippen molar-refractivity contribution in [3.63, 3.8) is 0 Å². The van der Waals surface area contributed by atoms with Gasteiger partial charge in [-0.3, -0.25) is 9.59 Å². The van der Waals surface area contributed by atoms with Crippen LogP contribution in [0.25, 0.3) is 0 Å². The van der Waals surface area contributed by atoms with Gasteiger partial charge in [0.15, 0.2) is 0 Å². The monoisotopic (exact) mass is 242 g/mol. The van der Waals surface area contributed by atoms with E-state index in [1.54, 1.807) is 4.90 Å². The molecule has 4 nitrogen and oxygen atoms in total. The van der Waals surface area contributed by atoms with Gasteiger partial charge in [-0.25, -0.2) is 0 Å². The molecule has 1 atom stereocenters. The maximum Gasteiger partial charge on any atom is 0.217 e. The van der Waals surface area contributed by atoms with E-state index in [9.17, 15) is 9.59 Å². The second-order valence-corrected chi connectivity index (χ2v) is 4.77. The van der Waals surface area contributed by atoms with Gasteiger partial charge in [0.05, 0.1) is 0 Å². The molecule has 0 aromatic heterocycles. The van der Waals surface area contributed by atoms with Gasteiger partial charge in [-0.1, -0.05) is 33.1 Å². The minimum Gasteiger partial charge on any atom is -0.370 e. The van der Waals surface area contributed by atoms with Crippen LogP contribution in [0.5, 0.6) is 0 Å². The third kappa shape index (κ3) is 9.85. The number of rotatable bonds is 6. The topological polar surface area (TPSA) is 63.4 Å². The minimum absolute atomic E-state index is 0.177. The Bertz CT molecular complexity index is 213. The van der Waals surface area contributed by atoms with Crippen LogP contribution in [-0.2, 0) is 9.59 Å². The van der Waals surface area contributed by atoms with Crippen molar-refractivity contribution in [1.29, 1.82) is 0 Å². The standard InChI is InChI=1S/C8H17NO.C5H9NO/c1-3-4-5-7(2)6-8(9)10;7-5-6-3-1-2-4-6/h7H,3-6H2,1-2H3,(H2,9,10);5H,1-4H2. The Kier molecular flexibility index (Phi) is 9.49. The molecule has 1 heterocycles. The maximum atomic E-state index is 10.4. The van der Waals surface area contributed by atoms with Crippen molar-refractivity contribution in [2.45, 2.75) is 52.4 Å². The molecule has 1 aliphatic heterocycles. The first-order valence-electron chi connectivity index (χ1n) is 6.57. The summed E-state index contributed by atoms with van der Waals surface area (Å²) in [6.45, 7) is 6.17. The number of carbonyl (C=O) groups excluding carboxylic acids is 2. The molecule has 2 amide bonds. The molecule has 1 unspecified atom stereocenters. The summed E-state index contributed by atoms with van der Waals surface area (Å²) in [6, 6.07) is 0. The summed E-state index contributed by atoms with van der Waals surface area (Å²) in [5, 5.41) is 0. The van der Waals surface area contributed by atoms with E-state index in [2.05, 4.69) is 13.8 Å². The molecule has 1 aliphatic rings. The van der Waals surface area contributed by atoms with E-state index in [1.165, 1.54) is 25.7 Å². The fraction of sp³-hybridized carbons (Fsp3) is 0.846. The largest absolute Gasteiger partial charge is 0.370 e. The summed E-state index contributed by atoms with van der Waals surface area (Å²) in [5.74, 6) is 0.293. The highest BCUT2D eigenvalue weighted by molar-refractivity contribution is 5.73. The molecular weight excluding hydrogens is 216 g/mol. The predicted octanol–water partition coefficient (Wildman–Crippen LogP) is 1.93. The number of nitrogens with zero attached hydrogens (tertiary/aromatic N) is 1. The summed E-state index contributed by atoms with van der Waals surface area (Å²) in [5.41, 5.74) is 5.03. The molecule has 0 aromatic rings. The molecule has 4 heteroatoms. The first-order valence-corrected chi connectivity index (χ1v) is 6.57. The van der Waals surface area contributed by atoms with Crippen LogP contribution in [0.2, 0.25) is 0 Å². The van der Waals surface area contributed by atoms with Crippen LogP contribution in [-0.4, -0.2) is 30.3 Å². The molecule has 0 aromatic carbocycles. The normalized spacial score (nSPS) is 16.0. The summed E-state index contributed by atoms with van der Waals surface area (Å²) in [7, 11) is 0. The smallest absolute Gasteiger partial charge is 0.217 e. The van der Waals surface area contributed by atoms with Crippen LogP contribution in [0.3, 0.4) is 0 Å². The Labute approximate surface area is 105 Å². The van der Waals surface area contributed by atoms with Gasteiger partial charge in [-0.05, 0) is 18.8 Å². The second kappa shape index (κ2) is 10.1. The van der Waals surface area contributed by atoms with Gasteiger partial charge in [0.1, 0.15) is 0 Å². The lowest BCUT2D eigenvalue weighted by molar-refractivity contribution is -0.119. The van der Waals surface area contributed by atoms with Crippen molar-refractivity contribution in [2.75, 3.05) is 13.1 Å². The molecule has 0 saturated carbocycles. The van der Waals surface area contributed by atoms with Crippen molar-refractivity contribution >= 4 is 12.3 Å². The highest BCUT2D eigenvalue weighted by Gasteiger charge is 2.06. The zero-order valence-corrected chi connectivity index (χ0v) is 11.2. The predicted molar refractivity (Wildman–Crippen MR) is 69.4 cm³/mol. The first-order chi connectivity index (χ1) is 8.10. The fourth-order valence-corrected chi connectivity index (χ4v) is 1.85. The van der Waals surface area contributed by atoms with E-state index in [4.69, 9.17) is 5.73 Å². The molecule has 0 spiro atoms. The number of nitrogens with two attached hydrogens (primary N) is 1. The minimum atomic E-state index is -0.177. The lowest BCUT2D eigenvalue weighted by atomic mass is 10.0. The Morgan fingerprint density at radius 1 is 1.41 bits per heavy atom. The van der Waals surface area contributed by atoms with E-state index < -0.39 is 0 Å². The lowest BCUT2D eigenvalue weighted by Crippen LogP contribution is -2.15. The second-order valence-electron chi connectivity index (χ2n) is 4.77. The van der Waals surface area contributed by atoms with Crippen molar-refractivity contribution < 1.29 is 9.59 Å². The lowest BCUT2D eigenvalue weighted by Gasteiger charge is -2.06. The Hall–Kier alpha value is -1.06. The number of hydrogen-bond donors (Lipinski definition) is 1. The number of likely N-dealkylation sites (tertiary alicyclic amines) is 1. The van der Waals surface area contributed by atoms with E-state index in [1.807, 2.05) is 0 Å². The summed E-state index contributed by atoms with van der Waals surface area (Å²) in [6.07, 6.45) is 7.38. The molecule has 0 bridgehead atoms. The molecule has 1 fully saturated rings. The van der Waals surface area contributed by atoms with Gasteiger partial charge in [0.2, 0.25) is 12.3 Å². The molecule has 1 rings (SSSR count). The first kappa shape index (κ1) is 15.9.